The summed E-state index contributed by atoms with van der Waals surface area (Å²) in [5.41, 5.74) is 4.94. The average Bonchev–Trinajstić information content (AvgIpc) is 3.52. The first-order valence-electron chi connectivity index (χ1n) is 10.5. The first kappa shape index (κ1) is 16.9. The number of nitrogens with zero attached hydrogens (tertiary/aromatic N) is 2. The Labute approximate surface area is 183 Å². The van der Waals surface area contributed by atoms with Crippen LogP contribution in [0.2, 0.25) is 0 Å². The average molecular weight is 415 g/mol. The lowest BCUT2D eigenvalue weighted by molar-refractivity contribution is 1.13. The van der Waals surface area contributed by atoms with Gasteiger partial charge < -0.3 is 4.57 Å². The minimum absolute atomic E-state index is 1.18. The van der Waals surface area contributed by atoms with E-state index in [-0.39, 0.29) is 0 Å². The largest absolute Gasteiger partial charge is 0.316 e. The summed E-state index contributed by atoms with van der Waals surface area (Å²) < 4.78 is 6.05. The Morgan fingerprint density at radius 2 is 1.39 bits per heavy atom. The highest BCUT2D eigenvalue weighted by Gasteiger charge is 2.17. The number of thiophene rings is 1. The third-order valence-electron chi connectivity index (χ3n) is 6.17. The molecule has 0 atom stereocenters. The molecule has 7 rings (SSSR count). The van der Waals surface area contributed by atoms with Crippen molar-refractivity contribution >= 4 is 54.1 Å². The summed E-state index contributed by atoms with van der Waals surface area (Å²) in [6.45, 7) is 0. The summed E-state index contributed by atoms with van der Waals surface area (Å²) in [7, 11) is 0. The van der Waals surface area contributed by atoms with Crippen molar-refractivity contribution in [2.75, 3.05) is 0 Å². The molecule has 0 aliphatic rings. The van der Waals surface area contributed by atoms with Gasteiger partial charge in [-0.3, -0.25) is 4.57 Å². The van der Waals surface area contributed by atoms with E-state index in [1.54, 1.807) is 0 Å². The molecule has 2 nitrogen and oxygen atoms in total. The van der Waals surface area contributed by atoms with Crippen LogP contribution in [-0.4, -0.2) is 9.13 Å². The molecule has 0 spiro atoms. The smallest absolute Gasteiger partial charge is 0.101 e. The lowest BCUT2D eigenvalue weighted by Crippen LogP contribution is -1.92. The fourth-order valence-electron chi connectivity index (χ4n) is 4.80. The van der Waals surface area contributed by atoms with E-state index in [2.05, 4.69) is 118 Å². The molecule has 0 N–H and O–H groups in total. The van der Waals surface area contributed by atoms with E-state index in [1.165, 1.54) is 53.5 Å². The normalized spacial score (nSPS) is 11.9. The quantitative estimate of drug-likeness (QED) is 0.272. The van der Waals surface area contributed by atoms with Crippen molar-refractivity contribution in [3.8, 4) is 10.7 Å². The molecule has 4 aromatic carbocycles. The van der Waals surface area contributed by atoms with Crippen LogP contribution in [0.15, 0.2) is 109 Å². The van der Waals surface area contributed by atoms with Crippen molar-refractivity contribution in [1.29, 1.82) is 0 Å². The van der Waals surface area contributed by atoms with Crippen molar-refractivity contribution in [2.24, 2.45) is 0 Å². The van der Waals surface area contributed by atoms with E-state index in [1.807, 2.05) is 11.3 Å². The van der Waals surface area contributed by atoms with Gasteiger partial charge in [0.05, 0.1) is 16.6 Å². The van der Waals surface area contributed by atoms with Crippen LogP contribution in [0.5, 0.6) is 0 Å². The Bertz CT molecular complexity index is 1700. The monoisotopic (exact) mass is 414 g/mol. The highest BCUT2D eigenvalue weighted by atomic mass is 32.1. The molecule has 0 unspecified atom stereocenters. The predicted molar refractivity (Wildman–Crippen MR) is 133 cm³/mol. The Balaban J connectivity index is 1.63. The summed E-state index contributed by atoms with van der Waals surface area (Å²) in [4.78, 5) is 0. The van der Waals surface area contributed by atoms with Gasteiger partial charge in [0.25, 0.3) is 0 Å². The van der Waals surface area contributed by atoms with Crippen LogP contribution < -0.4 is 0 Å². The maximum atomic E-state index is 2.45. The fourth-order valence-corrected chi connectivity index (χ4v) is 5.88. The highest BCUT2D eigenvalue weighted by Crippen LogP contribution is 2.40. The summed E-state index contributed by atoms with van der Waals surface area (Å²) in [6, 6.07) is 37.1. The molecule has 31 heavy (non-hydrogen) atoms. The van der Waals surface area contributed by atoms with Crippen LogP contribution in [0, 0.1) is 0 Å². The van der Waals surface area contributed by atoms with Gasteiger partial charge in [-0.05, 0) is 47.9 Å². The van der Waals surface area contributed by atoms with Crippen LogP contribution in [0.4, 0.5) is 0 Å². The van der Waals surface area contributed by atoms with E-state index in [0.29, 0.717) is 0 Å². The summed E-state index contributed by atoms with van der Waals surface area (Å²) >= 11 is 1.85. The van der Waals surface area contributed by atoms with Crippen LogP contribution in [-0.2, 0) is 0 Å². The van der Waals surface area contributed by atoms with Crippen LogP contribution in [0.1, 0.15) is 0 Å². The number of fused-ring (bicyclic) bond motifs is 6. The van der Waals surface area contributed by atoms with Gasteiger partial charge in [-0.15, -0.1) is 11.3 Å². The number of rotatable bonds is 2. The van der Waals surface area contributed by atoms with Gasteiger partial charge >= 0.3 is 0 Å². The lowest BCUT2D eigenvalue weighted by atomic mass is 10.1. The molecular weight excluding hydrogens is 396 g/mol. The topological polar surface area (TPSA) is 9.86 Å². The highest BCUT2D eigenvalue weighted by molar-refractivity contribution is 7.21. The number of para-hydroxylation sites is 2. The van der Waals surface area contributed by atoms with Crippen LogP contribution >= 0.6 is 11.3 Å². The van der Waals surface area contributed by atoms with Gasteiger partial charge in [-0.25, -0.2) is 0 Å². The maximum Gasteiger partial charge on any atom is 0.101 e. The Morgan fingerprint density at radius 1 is 0.581 bits per heavy atom. The SMILES string of the molecule is c1ccc(-n2ccc3c2ccc2c4ccccc4n(-c4cc5ccccc5s4)c23)cc1. The van der Waals surface area contributed by atoms with Crippen molar-refractivity contribution < 1.29 is 0 Å². The minimum Gasteiger partial charge on any atom is -0.316 e. The summed E-state index contributed by atoms with van der Waals surface area (Å²) in [6.07, 6.45) is 2.19. The zero-order chi connectivity index (χ0) is 20.4. The molecule has 0 saturated heterocycles. The fraction of sp³-hybridized carbons (Fsp3) is 0. The standard InChI is InChI=1S/C28H18N2S/c1-2-9-20(10-3-1)29-17-16-23-24(29)15-14-22-21-11-5-6-12-25(21)30(28(22)23)27-18-19-8-4-7-13-26(19)31-27/h1-18H. The Hall–Kier alpha value is -3.82. The lowest BCUT2D eigenvalue weighted by Gasteiger charge is -2.07. The van der Waals surface area contributed by atoms with Gasteiger partial charge in [0.1, 0.15) is 5.00 Å². The molecule has 146 valence electrons. The van der Waals surface area contributed by atoms with E-state index >= 15 is 0 Å². The molecule has 0 amide bonds. The molecule has 0 bridgehead atoms. The number of hydrogen-bond acceptors (Lipinski definition) is 1. The molecule has 0 radical (unpaired) electrons. The van der Waals surface area contributed by atoms with Crippen molar-refractivity contribution in [1.82, 2.24) is 9.13 Å². The van der Waals surface area contributed by atoms with Gasteiger partial charge in [0.2, 0.25) is 0 Å². The second-order valence-corrected chi connectivity index (χ2v) is 8.95. The third kappa shape index (κ3) is 2.38. The van der Waals surface area contributed by atoms with Gasteiger partial charge in [0.15, 0.2) is 0 Å². The Kier molecular flexibility index (Phi) is 3.46. The van der Waals surface area contributed by atoms with Crippen LogP contribution in [0.3, 0.4) is 0 Å². The van der Waals surface area contributed by atoms with E-state index < -0.39 is 0 Å². The number of benzene rings is 4. The molecule has 0 aliphatic carbocycles. The zero-order valence-electron chi connectivity index (χ0n) is 16.7. The predicted octanol–water partition coefficient (Wildman–Crippen LogP) is 7.94. The van der Waals surface area contributed by atoms with Gasteiger partial charge in [-0.2, -0.15) is 0 Å². The van der Waals surface area contributed by atoms with E-state index in [9.17, 15) is 0 Å². The Morgan fingerprint density at radius 3 is 2.29 bits per heavy atom. The summed E-state index contributed by atoms with van der Waals surface area (Å²) in [5.74, 6) is 0. The first-order valence-corrected chi connectivity index (χ1v) is 11.3. The van der Waals surface area contributed by atoms with Gasteiger partial charge in [-0.1, -0.05) is 60.7 Å². The number of aromatic nitrogens is 2. The van der Waals surface area contributed by atoms with Crippen molar-refractivity contribution in [3.05, 3.63) is 109 Å². The molecule has 0 fully saturated rings. The van der Waals surface area contributed by atoms with Crippen LogP contribution in [0.25, 0.3) is 53.5 Å². The molecule has 3 heterocycles. The molecular formula is C28H18N2S. The molecule has 3 heteroatoms. The van der Waals surface area contributed by atoms with E-state index in [0.717, 1.165) is 0 Å². The zero-order valence-corrected chi connectivity index (χ0v) is 17.5. The number of hydrogen-bond donors (Lipinski definition) is 0. The minimum atomic E-state index is 1.18. The second kappa shape index (κ2) is 6.34. The van der Waals surface area contributed by atoms with E-state index in [4.69, 9.17) is 0 Å². The molecule has 7 aromatic rings. The first-order chi connectivity index (χ1) is 15.4. The maximum absolute atomic E-state index is 2.45. The molecule has 3 aromatic heterocycles. The second-order valence-electron chi connectivity index (χ2n) is 7.89. The van der Waals surface area contributed by atoms with Crippen molar-refractivity contribution in [3.63, 3.8) is 0 Å². The molecule has 0 aliphatic heterocycles. The van der Waals surface area contributed by atoms with Crippen molar-refractivity contribution in [2.45, 2.75) is 0 Å². The molecule has 0 saturated carbocycles. The van der Waals surface area contributed by atoms with Gasteiger partial charge in [0, 0.05) is 32.7 Å². The summed E-state index contributed by atoms with van der Waals surface area (Å²) in [5, 5.41) is 6.42. The third-order valence-corrected chi connectivity index (χ3v) is 7.27.